The minimum Gasteiger partial charge on any atom is -0.357 e. The average Bonchev–Trinajstić information content (AvgIpc) is 3.03. The van der Waals surface area contributed by atoms with Gasteiger partial charge in [-0.2, -0.15) is 0 Å². The highest BCUT2D eigenvalue weighted by atomic mass is 16.2. The van der Waals surface area contributed by atoms with Gasteiger partial charge >= 0.3 is 0 Å². The lowest BCUT2D eigenvalue weighted by atomic mass is 10.1. The molecule has 0 saturated carbocycles. The quantitative estimate of drug-likeness (QED) is 0.614. The molecule has 0 fully saturated rings. The van der Waals surface area contributed by atoms with Crippen LogP contribution in [0.1, 0.15) is 58.0 Å². The third-order valence-electron chi connectivity index (χ3n) is 5.72. The highest BCUT2D eigenvalue weighted by molar-refractivity contribution is 6.21. The van der Waals surface area contributed by atoms with Crippen LogP contribution in [0.15, 0.2) is 48.5 Å². The summed E-state index contributed by atoms with van der Waals surface area (Å²) in [6.45, 7) is 4.33. The molecule has 7 heteroatoms. The van der Waals surface area contributed by atoms with Crippen molar-refractivity contribution in [3.63, 3.8) is 0 Å². The van der Waals surface area contributed by atoms with E-state index in [-0.39, 0.29) is 36.6 Å². The van der Waals surface area contributed by atoms with Gasteiger partial charge in [0.25, 0.3) is 11.8 Å². The molecule has 1 aliphatic rings. The molecule has 168 valence electrons. The van der Waals surface area contributed by atoms with Crippen molar-refractivity contribution in [2.75, 3.05) is 13.6 Å². The third-order valence-corrected chi connectivity index (χ3v) is 5.72. The summed E-state index contributed by atoms with van der Waals surface area (Å²) in [6, 6.07) is 14.0. The molecule has 0 aliphatic carbocycles. The van der Waals surface area contributed by atoms with Crippen LogP contribution in [0.4, 0.5) is 0 Å². The van der Waals surface area contributed by atoms with E-state index in [1.165, 1.54) is 4.90 Å². The Hall–Kier alpha value is -3.48. The molecule has 0 saturated heterocycles. The van der Waals surface area contributed by atoms with E-state index in [9.17, 15) is 19.2 Å². The van der Waals surface area contributed by atoms with Crippen LogP contribution in [0.2, 0.25) is 0 Å². The van der Waals surface area contributed by atoms with Crippen molar-refractivity contribution in [3.8, 4) is 0 Å². The number of likely N-dealkylation sites (N-methyl/N-ethyl adjacent to an activating group) is 1. The van der Waals surface area contributed by atoms with Gasteiger partial charge < -0.3 is 10.2 Å². The van der Waals surface area contributed by atoms with Gasteiger partial charge in [0.05, 0.1) is 11.1 Å². The second-order valence-corrected chi connectivity index (χ2v) is 7.96. The van der Waals surface area contributed by atoms with Gasteiger partial charge in [0, 0.05) is 26.6 Å². The van der Waals surface area contributed by atoms with Gasteiger partial charge in [0.2, 0.25) is 11.8 Å². The average molecular weight is 436 g/mol. The minimum absolute atomic E-state index is 0.132. The molecule has 0 bridgehead atoms. The number of benzene rings is 2. The highest BCUT2D eigenvalue weighted by Gasteiger charge is 2.35. The van der Waals surface area contributed by atoms with E-state index in [2.05, 4.69) is 5.32 Å². The zero-order valence-corrected chi connectivity index (χ0v) is 18.8. The normalized spacial score (nSPS) is 13.7. The number of amides is 4. The first kappa shape index (κ1) is 23.2. The summed E-state index contributed by atoms with van der Waals surface area (Å²) in [7, 11) is 1.56. The Morgan fingerprint density at radius 2 is 1.69 bits per heavy atom. The molecule has 1 aliphatic heterocycles. The lowest BCUT2D eigenvalue weighted by Gasteiger charge is -2.30. The van der Waals surface area contributed by atoms with E-state index in [1.54, 1.807) is 36.2 Å². The van der Waals surface area contributed by atoms with Gasteiger partial charge in [-0.1, -0.05) is 48.9 Å². The molecule has 32 heavy (non-hydrogen) atoms. The van der Waals surface area contributed by atoms with E-state index in [4.69, 9.17) is 0 Å². The maximum atomic E-state index is 13.2. The Balaban J connectivity index is 1.69. The lowest BCUT2D eigenvalue weighted by molar-refractivity contribution is -0.141. The third kappa shape index (κ3) is 4.88. The SMILES string of the molecule is CCC(C(=O)NC)N(Cc1cccc(C)c1)C(=O)CCCN1C(=O)c2ccccc2C1=O. The molecule has 3 rings (SSSR count). The van der Waals surface area contributed by atoms with Crippen LogP contribution >= 0.6 is 0 Å². The van der Waals surface area contributed by atoms with E-state index < -0.39 is 6.04 Å². The summed E-state index contributed by atoms with van der Waals surface area (Å²) < 4.78 is 0. The first-order valence-electron chi connectivity index (χ1n) is 10.9. The number of hydrogen-bond donors (Lipinski definition) is 1. The van der Waals surface area contributed by atoms with E-state index in [0.29, 0.717) is 30.5 Å². The van der Waals surface area contributed by atoms with Crippen LogP contribution in [-0.2, 0) is 16.1 Å². The molecule has 1 atom stereocenters. The number of rotatable bonds is 9. The van der Waals surface area contributed by atoms with Gasteiger partial charge in [0.1, 0.15) is 6.04 Å². The van der Waals surface area contributed by atoms with Gasteiger partial charge in [-0.15, -0.1) is 0 Å². The highest BCUT2D eigenvalue weighted by Crippen LogP contribution is 2.23. The second kappa shape index (κ2) is 10.2. The summed E-state index contributed by atoms with van der Waals surface area (Å²) in [5.41, 5.74) is 2.82. The summed E-state index contributed by atoms with van der Waals surface area (Å²) in [5, 5.41) is 2.64. The fourth-order valence-electron chi connectivity index (χ4n) is 4.07. The smallest absolute Gasteiger partial charge is 0.261 e. The maximum Gasteiger partial charge on any atom is 0.261 e. The van der Waals surface area contributed by atoms with Crippen molar-refractivity contribution in [2.45, 2.75) is 45.7 Å². The fourth-order valence-corrected chi connectivity index (χ4v) is 4.07. The fraction of sp³-hybridized carbons (Fsp3) is 0.360. The van der Waals surface area contributed by atoms with E-state index >= 15 is 0 Å². The Labute approximate surface area is 188 Å². The van der Waals surface area contributed by atoms with E-state index in [0.717, 1.165) is 11.1 Å². The molecule has 0 radical (unpaired) electrons. The molecule has 2 aromatic rings. The number of nitrogens with one attached hydrogen (secondary N) is 1. The van der Waals surface area contributed by atoms with Crippen molar-refractivity contribution in [1.29, 1.82) is 0 Å². The summed E-state index contributed by atoms with van der Waals surface area (Å²) >= 11 is 0. The number of fused-ring (bicyclic) bond motifs is 1. The van der Waals surface area contributed by atoms with Crippen LogP contribution in [0.3, 0.4) is 0 Å². The zero-order chi connectivity index (χ0) is 23.3. The lowest BCUT2D eigenvalue weighted by Crippen LogP contribution is -2.48. The van der Waals surface area contributed by atoms with Gasteiger partial charge in [0.15, 0.2) is 0 Å². The van der Waals surface area contributed by atoms with Crippen molar-refractivity contribution in [3.05, 3.63) is 70.8 Å². The number of nitrogens with zero attached hydrogens (tertiary/aromatic N) is 2. The van der Waals surface area contributed by atoms with Crippen LogP contribution in [0, 0.1) is 6.92 Å². The Kier molecular flexibility index (Phi) is 7.41. The Morgan fingerprint density at radius 1 is 1.03 bits per heavy atom. The van der Waals surface area contributed by atoms with Crippen molar-refractivity contribution < 1.29 is 19.2 Å². The number of imide groups is 1. The van der Waals surface area contributed by atoms with Crippen LogP contribution in [-0.4, -0.2) is 53.1 Å². The molecule has 0 aromatic heterocycles. The summed E-state index contributed by atoms with van der Waals surface area (Å²) in [4.78, 5) is 53.4. The topological polar surface area (TPSA) is 86.8 Å². The number of hydrogen-bond acceptors (Lipinski definition) is 4. The standard InChI is InChI=1S/C25H29N3O4/c1-4-21(23(30)26-3)28(16-18-10-7-9-17(2)15-18)22(29)13-8-14-27-24(31)19-11-5-6-12-20(19)25(27)32/h5-7,9-12,15,21H,4,8,13-14,16H2,1-3H3,(H,26,30). The molecule has 1 heterocycles. The number of aryl methyl sites for hydroxylation is 1. The molecule has 1 unspecified atom stereocenters. The number of carbonyl (C=O) groups is 4. The largest absolute Gasteiger partial charge is 0.357 e. The molecule has 0 spiro atoms. The van der Waals surface area contributed by atoms with Crippen LogP contribution in [0.25, 0.3) is 0 Å². The molecule has 7 nitrogen and oxygen atoms in total. The van der Waals surface area contributed by atoms with Gasteiger partial charge in [-0.25, -0.2) is 0 Å². The molecule has 4 amide bonds. The minimum atomic E-state index is -0.590. The van der Waals surface area contributed by atoms with Gasteiger partial charge in [-0.3, -0.25) is 24.1 Å². The number of carbonyl (C=O) groups excluding carboxylic acids is 4. The maximum absolute atomic E-state index is 13.2. The Bertz CT molecular complexity index is 998. The second-order valence-electron chi connectivity index (χ2n) is 7.96. The van der Waals surface area contributed by atoms with Crippen molar-refractivity contribution in [1.82, 2.24) is 15.1 Å². The molecule has 2 aromatic carbocycles. The summed E-state index contributed by atoms with van der Waals surface area (Å²) in [5.74, 6) is -1.05. The van der Waals surface area contributed by atoms with Gasteiger partial charge in [-0.05, 0) is 37.5 Å². The molecule has 1 N–H and O–H groups in total. The molecular formula is C25H29N3O4. The summed E-state index contributed by atoms with van der Waals surface area (Å²) in [6.07, 6.45) is 0.946. The van der Waals surface area contributed by atoms with E-state index in [1.807, 2.05) is 38.1 Å². The van der Waals surface area contributed by atoms with Crippen LogP contribution < -0.4 is 5.32 Å². The first-order chi connectivity index (χ1) is 15.4. The van der Waals surface area contributed by atoms with Crippen molar-refractivity contribution >= 4 is 23.6 Å². The Morgan fingerprint density at radius 3 is 2.25 bits per heavy atom. The van der Waals surface area contributed by atoms with Crippen molar-refractivity contribution in [2.24, 2.45) is 0 Å². The predicted octanol–water partition coefficient (Wildman–Crippen LogP) is 2.92. The zero-order valence-electron chi connectivity index (χ0n) is 18.8. The molecular weight excluding hydrogens is 406 g/mol. The first-order valence-corrected chi connectivity index (χ1v) is 10.9. The predicted molar refractivity (Wildman–Crippen MR) is 121 cm³/mol. The van der Waals surface area contributed by atoms with Crippen LogP contribution in [0.5, 0.6) is 0 Å². The monoisotopic (exact) mass is 435 g/mol.